The Morgan fingerprint density at radius 3 is 1.22 bits per heavy atom. The third-order valence-electron chi connectivity index (χ3n) is 13.8. The second-order valence-corrected chi connectivity index (χ2v) is 24.4. The van der Waals surface area contributed by atoms with Gasteiger partial charge >= 0.3 is 13.8 Å². The van der Waals surface area contributed by atoms with Gasteiger partial charge < -0.3 is 19.4 Å². The zero-order chi connectivity index (χ0) is 60.0. The summed E-state index contributed by atoms with van der Waals surface area (Å²) in [6.45, 7) is 6.81. The first-order chi connectivity index (χ1) is 39.9. The van der Waals surface area contributed by atoms with Crippen LogP contribution in [0.15, 0.2) is 134 Å². The highest BCUT2D eigenvalue weighted by Gasteiger charge is 2.30. The fourth-order valence-corrected chi connectivity index (χ4v) is 9.49. The summed E-state index contributed by atoms with van der Waals surface area (Å²) in [5.41, 5.74) is 0. The van der Waals surface area contributed by atoms with E-state index in [9.17, 15) is 19.0 Å². The minimum absolute atomic E-state index is 0.0231. The normalized spacial score (nSPS) is 14.5. The van der Waals surface area contributed by atoms with E-state index in [1.165, 1.54) is 103 Å². The van der Waals surface area contributed by atoms with Crippen LogP contribution in [-0.4, -0.2) is 74.3 Å². The van der Waals surface area contributed by atoms with E-state index in [2.05, 4.69) is 148 Å². The number of rotatable bonds is 58. The molecule has 0 aliphatic carbocycles. The number of carbonyl (C=O) groups excluding carboxylic acids is 2. The number of carbonyl (C=O) groups is 2. The first-order valence-corrected chi connectivity index (χ1v) is 34.5. The highest BCUT2D eigenvalue weighted by molar-refractivity contribution is 7.47. The number of quaternary nitrogens is 1. The number of ether oxygens (including phenoxy) is 1. The van der Waals surface area contributed by atoms with Crippen LogP contribution in [0.2, 0.25) is 0 Å². The molecule has 0 aromatic carbocycles. The number of nitrogens with one attached hydrogen (secondary N) is 1. The van der Waals surface area contributed by atoms with Crippen molar-refractivity contribution in [1.29, 1.82) is 0 Å². The van der Waals surface area contributed by atoms with Gasteiger partial charge in [-0.2, -0.15) is 0 Å². The molecule has 0 saturated carbocycles. The lowest BCUT2D eigenvalue weighted by molar-refractivity contribution is -0.870. The molecule has 1 amide bonds. The van der Waals surface area contributed by atoms with Crippen LogP contribution < -0.4 is 5.32 Å². The highest BCUT2D eigenvalue weighted by atomic mass is 31.2. The van der Waals surface area contributed by atoms with Crippen molar-refractivity contribution in [2.75, 3.05) is 40.9 Å². The Hall–Kier alpha value is -3.85. The van der Waals surface area contributed by atoms with Gasteiger partial charge in [0.25, 0.3) is 0 Å². The van der Waals surface area contributed by atoms with E-state index in [1.807, 2.05) is 33.3 Å². The van der Waals surface area contributed by atoms with Crippen LogP contribution in [0.4, 0.5) is 0 Å². The molecule has 3 atom stereocenters. The second-order valence-electron chi connectivity index (χ2n) is 22.9. The van der Waals surface area contributed by atoms with Gasteiger partial charge in [0.05, 0.1) is 33.8 Å². The maximum Gasteiger partial charge on any atom is 0.472 e. The fourth-order valence-electron chi connectivity index (χ4n) is 8.76. The number of phosphoric ester groups is 1. The van der Waals surface area contributed by atoms with Gasteiger partial charge in [0.1, 0.15) is 19.3 Å². The van der Waals surface area contributed by atoms with Crippen molar-refractivity contribution in [1.82, 2.24) is 5.32 Å². The average Bonchev–Trinajstić information content (AvgIpc) is 3.47. The van der Waals surface area contributed by atoms with E-state index < -0.39 is 20.0 Å². The maximum atomic E-state index is 13.6. The molecule has 2 N–H and O–H groups in total. The minimum Gasteiger partial charge on any atom is -0.456 e. The first-order valence-electron chi connectivity index (χ1n) is 33.0. The number of nitrogens with zero attached hydrogens (tertiary/aromatic N) is 1. The molecular formula is C72H124N2O7P+. The van der Waals surface area contributed by atoms with Gasteiger partial charge in [-0.05, 0) is 122 Å². The van der Waals surface area contributed by atoms with Crippen LogP contribution in [0.1, 0.15) is 258 Å². The van der Waals surface area contributed by atoms with Crippen molar-refractivity contribution in [2.24, 2.45) is 0 Å². The van der Waals surface area contributed by atoms with Crippen LogP contribution >= 0.6 is 7.82 Å². The molecule has 0 heterocycles. The molecule has 0 fully saturated rings. The SMILES string of the molecule is CC/C=C\C/C=C\C/C=C\C/C=C\C/C=C\C/C=C\CCCCCCCCCCC(=O)NC(COP(=O)(O)OCC[N+](C)(C)C)C(/C=C\CCCCCCCCCCCC)OC(=O)CCC/C=C\C/C=C\C/C=C\C/C=C\CCCCC. The van der Waals surface area contributed by atoms with E-state index in [0.29, 0.717) is 23.9 Å². The molecule has 3 unspecified atom stereocenters. The summed E-state index contributed by atoms with van der Waals surface area (Å²) in [5.74, 6) is -0.588. The number of esters is 1. The molecule has 0 aliphatic rings. The van der Waals surface area contributed by atoms with Gasteiger partial charge in [0.15, 0.2) is 0 Å². The van der Waals surface area contributed by atoms with Crippen LogP contribution in [0.5, 0.6) is 0 Å². The zero-order valence-electron chi connectivity index (χ0n) is 53.4. The number of hydrogen-bond acceptors (Lipinski definition) is 6. The van der Waals surface area contributed by atoms with Crippen LogP contribution in [0, 0.1) is 0 Å². The van der Waals surface area contributed by atoms with E-state index in [1.54, 1.807) is 0 Å². The van der Waals surface area contributed by atoms with Crippen molar-refractivity contribution in [3.63, 3.8) is 0 Å². The predicted octanol–water partition coefficient (Wildman–Crippen LogP) is 20.8. The van der Waals surface area contributed by atoms with Crippen LogP contribution in [0.3, 0.4) is 0 Å². The summed E-state index contributed by atoms with van der Waals surface area (Å²) in [7, 11) is 1.44. The van der Waals surface area contributed by atoms with Crippen molar-refractivity contribution >= 4 is 19.7 Å². The standard InChI is InChI=1S/C72H123N2O7P/c1-7-10-13-16-19-22-25-28-30-32-33-34-35-36-37-38-39-40-41-43-44-46-49-52-55-58-61-64-71(75)73-69(68-80-82(77,78)79-67-66-74(4,5)6)70(63-60-57-54-51-48-27-24-21-18-15-12-9-3)81-72(76)65-62-59-56-53-50-47-45-42-31-29-26-23-20-17-14-11-8-2/h10,13,19-20,22-23,28-31,33-34,36-37,39-40,45,47,53,56,60,63,69-70H,7-9,11-12,14-18,21,24-27,32,35,38,41-44,46,48-52,54-55,57-59,61-62,64-68H2,1-6H3,(H-,73,75,77,78)/p+1/b13-10-,22-19-,23-20-,30-28-,31-29-,34-33-,37-36-,40-39-,47-45-,56-53-,63-60-. The summed E-state index contributed by atoms with van der Waals surface area (Å²) in [4.78, 5) is 37.8. The summed E-state index contributed by atoms with van der Waals surface area (Å²) in [6, 6.07) is -0.885. The topological polar surface area (TPSA) is 111 Å². The summed E-state index contributed by atoms with van der Waals surface area (Å²) >= 11 is 0. The number of unbranched alkanes of at least 4 members (excludes halogenated alkanes) is 22. The number of allylic oxidation sites excluding steroid dienone is 21. The molecule has 9 nitrogen and oxygen atoms in total. The molecule has 0 radical (unpaired) electrons. The van der Waals surface area contributed by atoms with Gasteiger partial charge in [-0.3, -0.25) is 18.6 Å². The van der Waals surface area contributed by atoms with E-state index >= 15 is 0 Å². The van der Waals surface area contributed by atoms with Gasteiger partial charge in [-0.1, -0.05) is 258 Å². The molecule has 0 saturated heterocycles. The van der Waals surface area contributed by atoms with Crippen molar-refractivity contribution < 1.29 is 37.3 Å². The van der Waals surface area contributed by atoms with Gasteiger partial charge in [0.2, 0.25) is 5.91 Å². The monoisotopic (exact) mass is 1160 g/mol. The molecule has 0 aliphatic heterocycles. The lowest BCUT2D eigenvalue weighted by Gasteiger charge is -2.27. The Labute approximate surface area is 505 Å². The fraction of sp³-hybridized carbons (Fsp3) is 0.667. The molecule has 0 spiro atoms. The third kappa shape index (κ3) is 60.7. The van der Waals surface area contributed by atoms with Crippen LogP contribution in [-0.2, 0) is 27.9 Å². The molecule has 0 rings (SSSR count). The smallest absolute Gasteiger partial charge is 0.456 e. The Morgan fingerprint density at radius 1 is 0.439 bits per heavy atom. The Balaban J connectivity index is 5.22. The summed E-state index contributed by atoms with van der Waals surface area (Å²) in [6.07, 6.45) is 86.0. The number of likely N-dealkylation sites (N-methyl/N-ethyl adjacent to an activating group) is 1. The van der Waals surface area contributed by atoms with Crippen molar-refractivity contribution in [3.8, 4) is 0 Å². The largest absolute Gasteiger partial charge is 0.472 e. The molecule has 0 bridgehead atoms. The Kier molecular flexibility index (Phi) is 57.4. The van der Waals surface area contributed by atoms with Gasteiger partial charge in [-0.25, -0.2) is 4.57 Å². The maximum absolute atomic E-state index is 13.6. The predicted molar refractivity (Wildman–Crippen MR) is 355 cm³/mol. The van der Waals surface area contributed by atoms with E-state index in [-0.39, 0.29) is 31.5 Å². The second kappa shape index (κ2) is 60.3. The molecule has 0 aromatic heterocycles. The Bertz CT molecular complexity index is 1860. The third-order valence-corrected chi connectivity index (χ3v) is 14.8. The quantitative estimate of drug-likeness (QED) is 0.0205. The zero-order valence-corrected chi connectivity index (χ0v) is 54.3. The first kappa shape index (κ1) is 78.1. The molecular weight excluding hydrogens is 1040 g/mol. The van der Waals surface area contributed by atoms with Crippen LogP contribution in [0.25, 0.3) is 0 Å². The molecule has 10 heteroatoms. The average molecular weight is 1160 g/mol. The Morgan fingerprint density at radius 2 is 0.793 bits per heavy atom. The molecule has 468 valence electrons. The van der Waals surface area contributed by atoms with Gasteiger partial charge in [0, 0.05) is 12.8 Å². The lowest BCUT2D eigenvalue weighted by atomic mass is 10.0. The minimum atomic E-state index is -4.47. The molecule has 0 aromatic rings. The highest BCUT2D eigenvalue weighted by Crippen LogP contribution is 2.43. The molecule has 82 heavy (non-hydrogen) atoms. The summed E-state index contributed by atoms with van der Waals surface area (Å²) in [5, 5.41) is 3.04. The lowest BCUT2D eigenvalue weighted by Crippen LogP contribution is -2.47. The summed E-state index contributed by atoms with van der Waals surface area (Å²) < 4.78 is 30.7. The van der Waals surface area contributed by atoms with Crippen molar-refractivity contribution in [2.45, 2.75) is 270 Å². The number of hydrogen-bond donors (Lipinski definition) is 2. The van der Waals surface area contributed by atoms with Gasteiger partial charge in [-0.15, -0.1) is 0 Å². The number of amides is 1. The van der Waals surface area contributed by atoms with Crippen molar-refractivity contribution in [3.05, 3.63) is 134 Å². The van der Waals surface area contributed by atoms with E-state index in [0.717, 1.165) is 116 Å². The van der Waals surface area contributed by atoms with E-state index in [4.69, 9.17) is 13.8 Å². The number of phosphoric acid groups is 1.